The number of ether oxygens (including phenoxy) is 3. The molecule has 0 radical (unpaired) electrons. The van der Waals surface area contributed by atoms with Gasteiger partial charge in [-0.05, 0) is 31.8 Å². The fourth-order valence-electron chi connectivity index (χ4n) is 1.53. The Morgan fingerprint density at radius 2 is 2.29 bits per heavy atom. The van der Waals surface area contributed by atoms with Crippen molar-refractivity contribution in [2.75, 3.05) is 20.3 Å². The van der Waals surface area contributed by atoms with Gasteiger partial charge in [0.05, 0.1) is 13.7 Å². The van der Waals surface area contributed by atoms with E-state index in [9.17, 15) is 4.79 Å². The molecule has 17 heavy (non-hydrogen) atoms. The average molecular weight is 240 g/mol. The Kier molecular flexibility index (Phi) is 6.58. The van der Waals surface area contributed by atoms with Crippen LogP contribution in [0.3, 0.4) is 0 Å². The molecule has 1 aliphatic rings. The predicted molar refractivity (Wildman–Crippen MR) is 64.5 cm³/mol. The van der Waals surface area contributed by atoms with Crippen LogP contribution in [-0.2, 0) is 19.0 Å². The smallest absolute Gasteiger partial charge is 0.330 e. The van der Waals surface area contributed by atoms with Crippen LogP contribution in [0.1, 0.15) is 26.2 Å². The summed E-state index contributed by atoms with van der Waals surface area (Å²) in [4.78, 5) is 10.9. The fraction of sp³-hybridized carbons (Fsp3) is 0.615. The van der Waals surface area contributed by atoms with Crippen LogP contribution in [0.15, 0.2) is 23.8 Å². The van der Waals surface area contributed by atoms with Crippen LogP contribution in [0.4, 0.5) is 0 Å². The zero-order chi connectivity index (χ0) is 12.5. The Morgan fingerprint density at radius 3 is 2.94 bits per heavy atom. The van der Waals surface area contributed by atoms with Crippen LogP contribution in [0.25, 0.3) is 0 Å². The molecule has 1 fully saturated rings. The van der Waals surface area contributed by atoms with Crippen LogP contribution < -0.4 is 0 Å². The third kappa shape index (κ3) is 6.24. The lowest BCUT2D eigenvalue weighted by molar-refractivity contribution is -0.155. The van der Waals surface area contributed by atoms with E-state index in [0.29, 0.717) is 6.61 Å². The number of hydrogen-bond donors (Lipinski definition) is 0. The van der Waals surface area contributed by atoms with E-state index >= 15 is 0 Å². The molecule has 0 aromatic rings. The van der Waals surface area contributed by atoms with E-state index in [4.69, 9.17) is 9.47 Å². The number of carbonyl (C=O) groups is 1. The summed E-state index contributed by atoms with van der Waals surface area (Å²) in [5, 5.41) is 0. The highest BCUT2D eigenvalue weighted by molar-refractivity contribution is 5.83. The molecule has 1 unspecified atom stereocenters. The molecule has 96 valence electrons. The maximum Gasteiger partial charge on any atom is 0.330 e. The first kappa shape index (κ1) is 13.9. The van der Waals surface area contributed by atoms with Crippen molar-refractivity contribution in [3.63, 3.8) is 0 Å². The molecule has 0 spiro atoms. The highest BCUT2D eigenvalue weighted by atomic mass is 16.7. The van der Waals surface area contributed by atoms with Gasteiger partial charge in [0.1, 0.15) is 0 Å². The Balaban J connectivity index is 2.20. The minimum atomic E-state index is -0.344. The standard InChI is InChI=1S/C13H20O4/c1-11(10-12(14)15-2)6-5-9-17-13-7-3-4-8-16-13/h5-6,10,13H,3-4,7-9H2,1-2H3/b6-5+,11-10+. The maximum atomic E-state index is 10.9. The van der Waals surface area contributed by atoms with Gasteiger partial charge in [0, 0.05) is 12.7 Å². The van der Waals surface area contributed by atoms with Gasteiger partial charge >= 0.3 is 5.97 Å². The number of hydrogen-bond acceptors (Lipinski definition) is 4. The van der Waals surface area contributed by atoms with Gasteiger partial charge in [-0.3, -0.25) is 0 Å². The Bertz CT molecular complexity index is 288. The normalized spacial score (nSPS) is 21.8. The third-order valence-electron chi connectivity index (χ3n) is 2.44. The summed E-state index contributed by atoms with van der Waals surface area (Å²) in [7, 11) is 1.36. The van der Waals surface area contributed by atoms with Crippen molar-refractivity contribution in [3.05, 3.63) is 23.8 Å². The van der Waals surface area contributed by atoms with Gasteiger partial charge in [-0.25, -0.2) is 4.79 Å². The van der Waals surface area contributed by atoms with Crippen molar-refractivity contribution < 1.29 is 19.0 Å². The lowest BCUT2D eigenvalue weighted by atomic mass is 10.2. The fourth-order valence-corrected chi connectivity index (χ4v) is 1.53. The average Bonchev–Trinajstić information content (AvgIpc) is 2.36. The van der Waals surface area contributed by atoms with Crippen molar-refractivity contribution in [2.45, 2.75) is 32.5 Å². The summed E-state index contributed by atoms with van der Waals surface area (Å²) in [5.41, 5.74) is 0.838. The van der Waals surface area contributed by atoms with Crippen LogP contribution >= 0.6 is 0 Å². The molecule has 0 aromatic carbocycles. The van der Waals surface area contributed by atoms with E-state index in [-0.39, 0.29) is 12.3 Å². The zero-order valence-electron chi connectivity index (χ0n) is 10.5. The van der Waals surface area contributed by atoms with Gasteiger partial charge in [-0.1, -0.05) is 12.2 Å². The van der Waals surface area contributed by atoms with Gasteiger partial charge in [0.2, 0.25) is 0 Å². The van der Waals surface area contributed by atoms with E-state index in [2.05, 4.69) is 4.74 Å². The molecule has 0 saturated carbocycles. The third-order valence-corrected chi connectivity index (χ3v) is 2.44. The molecule has 0 N–H and O–H groups in total. The molecular formula is C13H20O4. The molecule has 1 atom stereocenters. The summed E-state index contributed by atoms with van der Waals surface area (Å²) < 4.78 is 15.5. The summed E-state index contributed by atoms with van der Waals surface area (Å²) in [5.74, 6) is -0.344. The minimum absolute atomic E-state index is 0.0710. The molecule has 1 heterocycles. The van der Waals surface area contributed by atoms with Gasteiger partial charge in [0.15, 0.2) is 6.29 Å². The summed E-state index contributed by atoms with van der Waals surface area (Å²) in [6.45, 7) is 3.12. The second kappa shape index (κ2) is 8.03. The first-order chi connectivity index (χ1) is 8.22. The summed E-state index contributed by atoms with van der Waals surface area (Å²) >= 11 is 0. The van der Waals surface area contributed by atoms with E-state index in [1.165, 1.54) is 13.2 Å². The Hall–Kier alpha value is -1.13. The van der Waals surface area contributed by atoms with Gasteiger partial charge in [-0.2, -0.15) is 0 Å². The number of carbonyl (C=O) groups excluding carboxylic acids is 1. The van der Waals surface area contributed by atoms with Crippen molar-refractivity contribution in [1.82, 2.24) is 0 Å². The molecule has 1 rings (SSSR count). The van der Waals surface area contributed by atoms with E-state index in [0.717, 1.165) is 31.4 Å². The van der Waals surface area contributed by atoms with Gasteiger partial charge < -0.3 is 14.2 Å². The van der Waals surface area contributed by atoms with Crippen LogP contribution in [0.2, 0.25) is 0 Å². The maximum absolute atomic E-state index is 10.9. The molecule has 4 heteroatoms. The quantitative estimate of drug-likeness (QED) is 0.420. The molecule has 1 saturated heterocycles. The Morgan fingerprint density at radius 1 is 1.47 bits per heavy atom. The second-order valence-electron chi connectivity index (χ2n) is 3.94. The van der Waals surface area contributed by atoms with Crippen LogP contribution in [0.5, 0.6) is 0 Å². The van der Waals surface area contributed by atoms with Crippen LogP contribution in [0, 0.1) is 0 Å². The number of esters is 1. The van der Waals surface area contributed by atoms with Gasteiger partial charge in [-0.15, -0.1) is 0 Å². The topological polar surface area (TPSA) is 44.8 Å². The lowest BCUT2D eigenvalue weighted by Gasteiger charge is -2.21. The molecular weight excluding hydrogens is 220 g/mol. The lowest BCUT2D eigenvalue weighted by Crippen LogP contribution is -2.22. The highest BCUT2D eigenvalue weighted by Gasteiger charge is 2.12. The summed E-state index contributed by atoms with van der Waals surface area (Å²) in [6, 6.07) is 0. The Labute approximate surface area is 102 Å². The molecule has 0 aromatic heterocycles. The van der Waals surface area contributed by atoms with Crippen molar-refractivity contribution in [1.29, 1.82) is 0 Å². The number of methoxy groups -OCH3 is 1. The monoisotopic (exact) mass is 240 g/mol. The van der Waals surface area contributed by atoms with Crippen molar-refractivity contribution in [3.8, 4) is 0 Å². The molecule has 4 nitrogen and oxygen atoms in total. The van der Waals surface area contributed by atoms with E-state index < -0.39 is 0 Å². The zero-order valence-corrected chi connectivity index (χ0v) is 10.5. The first-order valence-electron chi connectivity index (χ1n) is 5.88. The van der Waals surface area contributed by atoms with E-state index in [1.54, 1.807) is 0 Å². The first-order valence-corrected chi connectivity index (χ1v) is 5.88. The van der Waals surface area contributed by atoms with Crippen molar-refractivity contribution >= 4 is 5.97 Å². The van der Waals surface area contributed by atoms with Gasteiger partial charge in [0.25, 0.3) is 0 Å². The van der Waals surface area contributed by atoms with Crippen LogP contribution in [-0.4, -0.2) is 32.6 Å². The minimum Gasteiger partial charge on any atom is -0.466 e. The molecule has 1 aliphatic heterocycles. The summed E-state index contributed by atoms with van der Waals surface area (Å²) in [6.07, 6.45) is 8.32. The molecule has 0 bridgehead atoms. The number of allylic oxidation sites excluding steroid dienone is 2. The molecule has 0 amide bonds. The highest BCUT2D eigenvalue weighted by Crippen LogP contribution is 2.13. The molecule has 0 aliphatic carbocycles. The number of rotatable bonds is 5. The van der Waals surface area contributed by atoms with Crippen molar-refractivity contribution in [2.24, 2.45) is 0 Å². The van der Waals surface area contributed by atoms with E-state index in [1.807, 2.05) is 19.1 Å². The second-order valence-corrected chi connectivity index (χ2v) is 3.94. The SMILES string of the molecule is COC(=O)/C=C(C)/C=C/COC1CCCCO1. The largest absolute Gasteiger partial charge is 0.466 e. The predicted octanol–water partition coefficient (Wildman–Crippen LogP) is 2.21.